The van der Waals surface area contributed by atoms with Crippen molar-refractivity contribution >= 4 is 0 Å². The number of hydrogen-bond acceptors (Lipinski definition) is 2. The van der Waals surface area contributed by atoms with Crippen LogP contribution >= 0.6 is 0 Å². The van der Waals surface area contributed by atoms with Crippen LogP contribution < -0.4 is 5.32 Å². The smallest absolute Gasteiger partial charge is 0.126 e. The summed E-state index contributed by atoms with van der Waals surface area (Å²) in [7, 11) is 0. The zero-order chi connectivity index (χ0) is 13.1. The molecule has 1 unspecified atom stereocenters. The van der Waals surface area contributed by atoms with Gasteiger partial charge in [-0.1, -0.05) is 12.1 Å². The summed E-state index contributed by atoms with van der Waals surface area (Å²) in [4.78, 5) is 2.55. The second-order valence-electron chi connectivity index (χ2n) is 5.76. The Kier molecular flexibility index (Phi) is 4.14. The molecule has 1 heterocycles. The van der Waals surface area contributed by atoms with Gasteiger partial charge in [0, 0.05) is 6.04 Å². The van der Waals surface area contributed by atoms with Crippen LogP contribution in [0.5, 0.6) is 0 Å². The van der Waals surface area contributed by atoms with Crippen LogP contribution in [0.25, 0.3) is 0 Å². The van der Waals surface area contributed by atoms with Gasteiger partial charge in [0.05, 0.1) is 0 Å². The van der Waals surface area contributed by atoms with Crippen molar-refractivity contribution in [1.82, 2.24) is 10.2 Å². The van der Waals surface area contributed by atoms with Gasteiger partial charge in [-0.3, -0.25) is 0 Å². The molecule has 1 aromatic rings. The van der Waals surface area contributed by atoms with Crippen molar-refractivity contribution < 1.29 is 4.39 Å². The lowest BCUT2D eigenvalue weighted by Crippen LogP contribution is -2.26. The number of benzene rings is 1. The van der Waals surface area contributed by atoms with Crippen LogP contribution in [-0.4, -0.2) is 31.1 Å². The molecular weight excluding hydrogens is 239 g/mol. The minimum absolute atomic E-state index is 0.0288. The summed E-state index contributed by atoms with van der Waals surface area (Å²) in [6, 6.07) is 5.85. The van der Waals surface area contributed by atoms with E-state index in [2.05, 4.69) is 16.3 Å². The molecule has 0 saturated carbocycles. The molecule has 3 heteroatoms. The van der Waals surface area contributed by atoms with E-state index in [-0.39, 0.29) is 5.82 Å². The summed E-state index contributed by atoms with van der Waals surface area (Å²) in [6.45, 7) is 4.79. The third-order valence-corrected chi connectivity index (χ3v) is 4.45. The largest absolute Gasteiger partial charge is 0.310 e. The van der Waals surface area contributed by atoms with Crippen molar-refractivity contribution in [2.24, 2.45) is 0 Å². The van der Waals surface area contributed by atoms with Crippen molar-refractivity contribution in [1.29, 1.82) is 0 Å². The summed E-state index contributed by atoms with van der Waals surface area (Å²) in [5.74, 6) is -0.0288. The lowest BCUT2D eigenvalue weighted by molar-refractivity contribution is 0.327. The van der Waals surface area contributed by atoms with E-state index in [1.165, 1.54) is 44.5 Å². The summed E-state index contributed by atoms with van der Waals surface area (Å²) in [5.41, 5.74) is 2.11. The van der Waals surface area contributed by atoms with E-state index in [1.54, 1.807) is 6.07 Å². The molecule has 1 N–H and O–H groups in total. The Morgan fingerprint density at radius 1 is 1.26 bits per heavy atom. The predicted molar refractivity (Wildman–Crippen MR) is 75.8 cm³/mol. The molecule has 0 amide bonds. The van der Waals surface area contributed by atoms with Gasteiger partial charge in [0.2, 0.25) is 0 Å². The van der Waals surface area contributed by atoms with Crippen LogP contribution in [0.15, 0.2) is 18.2 Å². The topological polar surface area (TPSA) is 15.3 Å². The van der Waals surface area contributed by atoms with Gasteiger partial charge in [-0.25, -0.2) is 4.39 Å². The highest BCUT2D eigenvalue weighted by Gasteiger charge is 2.24. The molecule has 1 fully saturated rings. The van der Waals surface area contributed by atoms with Crippen molar-refractivity contribution in [3.05, 3.63) is 35.1 Å². The van der Waals surface area contributed by atoms with Crippen molar-refractivity contribution in [2.45, 2.75) is 38.1 Å². The minimum atomic E-state index is -0.0288. The normalized spacial score (nSPS) is 22.9. The minimum Gasteiger partial charge on any atom is -0.310 e. The zero-order valence-corrected chi connectivity index (χ0v) is 11.5. The molecule has 1 aliphatic heterocycles. The molecule has 2 aliphatic rings. The van der Waals surface area contributed by atoms with Crippen molar-refractivity contribution in [2.75, 3.05) is 26.2 Å². The molecule has 1 atom stereocenters. The van der Waals surface area contributed by atoms with E-state index in [0.717, 1.165) is 24.9 Å². The molecule has 19 heavy (non-hydrogen) atoms. The number of rotatable bonds is 5. The zero-order valence-electron chi connectivity index (χ0n) is 11.5. The van der Waals surface area contributed by atoms with Gasteiger partial charge in [0.15, 0.2) is 0 Å². The Morgan fingerprint density at radius 3 is 2.95 bits per heavy atom. The lowest BCUT2D eigenvalue weighted by Gasteiger charge is -2.17. The molecule has 3 rings (SSSR count). The maximum absolute atomic E-state index is 13.6. The molecule has 2 nitrogen and oxygen atoms in total. The predicted octanol–water partition coefficient (Wildman–Crippen LogP) is 2.89. The Bertz CT molecular complexity index is 427. The Labute approximate surface area is 115 Å². The fourth-order valence-corrected chi connectivity index (χ4v) is 3.41. The van der Waals surface area contributed by atoms with E-state index in [0.29, 0.717) is 6.04 Å². The molecule has 1 aromatic carbocycles. The monoisotopic (exact) mass is 262 g/mol. The standard InChI is InChI=1S/C16H23FN2/c17-15-6-3-5-14-13(15)7-8-16(14)18-9-4-12-19-10-1-2-11-19/h3,5-6,16,18H,1-2,4,7-12H2. The molecule has 104 valence electrons. The first-order chi connectivity index (χ1) is 9.34. The molecule has 1 saturated heterocycles. The molecule has 0 radical (unpaired) electrons. The number of nitrogens with zero attached hydrogens (tertiary/aromatic N) is 1. The van der Waals surface area contributed by atoms with E-state index in [9.17, 15) is 4.39 Å². The maximum Gasteiger partial charge on any atom is 0.126 e. The second kappa shape index (κ2) is 6.02. The van der Waals surface area contributed by atoms with Gasteiger partial charge in [0.25, 0.3) is 0 Å². The number of nitrogens with one attached hydrogen (secondary N) is 1. The molecule has 0 spiro atoms. The Morgan fingerprint density at radius 2 is 2.11 bits per heavy atom. The molecule has 1 aliphatic carbocycles. The summed E-state index contributed by atoms with van der Waals surface area (Å²) < 4.78 is 13.6. The van der Waals surface area contributed by atoms with Crippen LogP contribution in [0, 0.1) is 5.82 Å². The van der Waals surface area contributed by atoms with Gasteiger partial charge in [-0.05, 0) is 75.5 Å². The molecule has 0 aromatic heterocycles. The lowest BCUT2D eigenvalue weighted by atomic mass is 10.1. The fraction of sp³-hybridized carbons (Fsp3) is 0.625. The SMILES string of the molecule is Fc1cccc2c1CCC2NCCCN1CCCC1. The number of likely N-dealkylation sites (tertiary alicyclic amines) is 1. The average Bonchev–Trinajstić information content (AvgIpc) is 3.05. The van der Waals surface area contributed by atoms with Gasteiger partial charge in [0.1, 0.15) is 5.82 Å². The highest BCUT2D eigenvalue weighted by molar-refractivity contribution is 5.35. The number of fused-ring (bicyclic) bond motifs is 1. The second-order valence-corrected chi connectivity index (χ2v) is 5.76. The van der Waals surface area contributed by atoms with Gasteiger partial charge >= 0.3 is 0 Å². The Hall–Kier alpha value is -0.930. The first kappa shape index (κ1) is 13.1. The van der Waals surface area contributed by atoms with Crippen molar-refractivity contribution in [3.8, 4) is 0 Å². The maximum atomic E-state index is 13.6. The van der Waals surface area contributed by atoms with E-state index in [1.807, 2.05) is 6.07 Å². The third-order valence-electron chi connectivity index (χ3n) is 4.45. The fourth-order valence-electron chi connectivity index (χ4n) is 3.41. The van der Waals surface area contributed by atoms with E-state index < -0.39 is 0 Å². The van der Waals surface area contributed by atoms with Gasteiger partial charge in [-0.15, -0.1) is 0 Å². The quantitative estimate of drug-likeness (QED) is 0.821. The average molecular weight is 262 g/mol. The first-order valence-electron chi connectivity index (χ1n) is 7.57. The summed E-state index contributed by atoms with van der Waals surface area (Å²) in [5, 5.41) is 3.60. The van der Waals surface area contributed by atoms with E-state index >= 15 is 0 Å². The van der Waals surface area contributed by atoms with Gasteiger partial charge < -0.3 is 10.2 Å². The number of hydrogen-bond donors (Lipinski definition) is 1. The summed E-state index contributed by atoms with van der Waals surface area (Å²) >= 11 is 0. The van der Waals surface area contributed by atoms with Crippen LogP contribution in [0.3, 0.4) is 0 Å². The van der Waals surface area contributed by atoms with Crippen LogP contribution in [0.2, 0.25) is 0 Å². The molecular formula is C16H23FN2. The van der Waals surface area contributed by atoms with Gasteiger partial charge in [-0.2, -0.15) is 0 Å². The molecule has 0 bridgehead atoms. The summed E-state index contributed by atoms with van der Waals surface area (Å²) in [6.07, 6.45) is 5.85. The first-order valence-corrected chi connectivity index (χ1v) is 7.57. The number of halogens is 1. The van der Waals surface area contributed by atoms with Crippen molar-refractivity contribution in [3.63, 3.8) is 0 Å². The highest BCUT2D eigenvalue weighted by Crippen LogP contribution is 2.32. The van der Waals surface area contributed by atoms with Crippen LogP contribution in [-0.2, 0) is 6.42 Å². The Balaban J connectivity index is 1.46. The van der Waals surface area contributed by atoms with Crippen LogP contribution in [0.4, 0.5) is 4.39 Å². The third kappa shape index (κ3) is 2.98. The van der Waals surface area contributed by atoms with Crippen LogP contribution in [0.1, 0.15) is 42.9 Å². The highest BCUT2D eigenvalue weighted by atomic mass is 19.1. The van der Waals surface area contributed by atoms with E-state index in [4.69, 9.17) is 0 Å².